The molecule has 182 valence electrons. The molecule has 1 spiro atoms. The van der Waals surface area contributed by atoms with E-state index in [2.05, 4.69) is 15.6 Å². The number of nitrogens with one attached hydrogen (secondary N) is 2. The van der Waals surface area contributed by atoms with E-state index in [9.17, 15) is 26.7 Å². The molecule has 0 unspecified atom stereocenters. The van der Waals surface area contributed by atoms with E-state index in [1.54, 1.807) is 0 Å². The standard InChI is InChI=1S/C24H25F5N4O/c25-16-6-14(7-17(26)10-16)19-11-30-12-20(22(34)32-18-8-15(9-18)24(27,28)29)21(19)33-5-3-23(13-33)2-1-4-31-23/h6-7,10-12,15,18,31H,1-5,8-9,13H2,(H,32,34)/t15?,18?,23-/m0/s1. The first-order valence-corrected chi connectivity index (χ1v) is 11.5. The lowest BCUT2D eigenvalue weighted by Gasteiger charge is -2.37. The fraction of sp³-hybridized carbons (Fsp3) is 0.500. The van der Waals surface area contributed by atoms with E-state index < -0.39 is 35.7 Å². The Hall–Kier alpha value is -2.75. The van der Waals surface area contributed by atoms with Crippen LogP contribution in [0.15, 0.2) is 30.6 Å². The summed E-state index contributed by atoms with van der Waals surface area (Å²) in [5.41, 5.74) is 1.25. The molecule has 3 fully saturated rings. The molecule has 3 aliphatic rings. The maximum absolute atomic E-state index is 14.0. The van der Waals surface area contributed by atoms with E-state index in [0.29, 0.717) is 24.3 Å². The third kappa shape index (κ3) is 4.35. The van der Waals surface area contributed by atoms with Crippen molar-refractivity contribution in [3.63, 3.8) is 0 Å². The van der Waals surface area contributed by atoms with Crippen molar-refractivity contribution in [2.24, 2.45) is 5.92 Å². The van der Waals surface area contributed by atoms with Crippen LogP contribution in [0.25, 0.3) is 11.1 Å². The van der Waals surface area contributed by atoms with Crippen LogP contribution in [0.3, 0.4) is 0 Å². The van der Waals surface area contributed by atoms with Gasteiger partial charge in [-0.05, 0) is 56.3 Å². The minimum absolute atomic E-state index is 0.0879. The van der Waals surface area contributed by atoms with Gasteiger partial charge in [-0.15, -0.1) is 0 Å². The number of carbonyl (C=O) groups excluding carboxylic acids is 1. The van der Waals surface area contributed by atoms with Crippen LogP contribution in [0.5, 0.6) is 0 Å². The second kappa shape index (κ2) is 8.48. The zero-order valence-electron chi connectivity index (χ0n) is 18.4. The summed E-state index contributed by atoms with van der Waals surface area (Å²) in [6.45, 7) is 2.14. The fourth-order valence-corrected chi connectivity index (χ4v) is 5.43. The summed E-state index contributed by atoms with van der Waals surface area (Å²) in [5.74, 6) is -3.45. The van der Waals surface area contributed by atoms with Crippen LogP contribution in [-0.4, -0.2) is 48.3 Å². The first-order valence-electron chi connectivity index (χ1n) is 11.5. The largest absolute Gasteiger partial charge is 0.391 e. The molecule has 0 bridgehead atoms. The van der Waals surface area contributed by atoms with Crippen LogP contribution in [0.2, 0.25) is 0 Å². The summed E-state index contributed by atoms with van der Waals surface area (Å²) in [4.78, 5) is 19.3. The second-order valence-corrected chi connectivity index (χ2v) is 9.60. The van der Waals surface area contributed by atoms with Gasteiger partial charge in [0.15, 0.2) is 0 Å². The lowest BCUT2D eigenvalue weighted by atomic mass is 9.79. The molecule has 1 saturated carbocycles. The third-order valence-corrected chi connectivity index (χ3v) is 7.27. The van der Waals surface area contributed by atoms with Crippen molar-refractivity contribution < 1.29 is 26.7 Å². The second-order valence-electron chi connectivity index (χ2n) is 9.60. The molecule has 1 amide bonds. The van der Waals surface area contributed by atoms with Crippen LogP contribution in [0.1, 0.15) is 42.5 Å². The van der Waals surface area contributed by atoms with E-state index in [4.69, 9.17) is 0 Å². The predicted molar refractivity (Wildman–Crippen MR) is 116 cm³/mol. The highest BCUT2D eigenvalue weighted by Gasteiger charge is 2.48. The van der Waals surface area contributed by atoms with Crippen LogP contribution in [-0.2, 0) is 0 Å². The van der Waals surface area contributed by atoms with Crippen LogP contribution in [0, 0.1) is 17.6 Å². The number of carbonyl (C=O) groups is 1. The quantitative estimate of drug-likeness (QED) is 0.636. The average Bonchev–Trinajstić information content (AvgIpc) is 3.37. The van der Waals surface area contributed by atoms with E-state index in [0.717, 1.165) is 31.9 Å². The molecule has 3 heterocycles. The molecular weight excluding hydrogens is 455 g/mol. The van der Waals surface area contributed by atoms with Gasteiger partial charge in [0, 0.05) is 48.7 Å². The molecule has 1 aromatic carbocycles. The van der Waals surface area contributed by atoms with E-state index in [1.165, 1.54) is 24.5 Å². The highest BCUT2D eigenvalue weighted by atomic mass is 19.4. The van der Waals surface area contributed by atoms with Crippen LogP contribution < -0.4 is 15.5 Å². The third-order valence-electron chi connectivity index (χ3n) is 7.27. The molecule has 10 heteroatoms. The SMILES string of the molecule is O=C(NC1CC(C(F)(F)F)C1)c1cncc(-c2cc(F)cc(F)c2)c1N1CC[C@@]2(CCCN2)C1. The van der Waals surface area contributed by atoms with Gasteiger partial charge in [0.25, 0.3) is 5.91 Å². The number of benzene rings is 1. The van der Waals surface area contributed by atoms with E-state index in [-0.39, 0.29) is 29.5 Å². The number of amides is 1. The summed E-state index contributed by atoms with van der Waals surface area (Å²) in [6.07, 6.45) is 1.12. The number of hydrogen-bond donors (Lipinski definition) is 2. The van der Waals surface area contributed by atoms with Crippen molar-refractivity contribution in [2.75, 3.05) is 24.5 Å². The van der Waals surface area contributed by atoms with Crippen molar-refractivity contribution in [3.05, 3.63) is 47.8 Å². The van der Waals surface area contributed by atoms with Gasteiger partial charge < -0.3 is 15.5 Å². The van der Waals surface area contributed by atoms with Crippen molar-refractivity contribution >= 4 is 11.6 Å². The maximum Gasteiger partial charge on any atom is 0.391 e. The van der Waals surface area contributed by atoms with Crippen LogP contribution >= 0.6 is 0 Å². The number of nitrogens with zero attached hydrogens (tertiary/aromatic N) is 2. The van der Waals surface area contributed by atoms with E-state index in [1.807, 2.05) is 4.90 Å². The van der Waals surface area contributed by atoms with Gasteiger partial charge in [0.05, 0.1) is 17.2 Å². The molecule has 2 N–H and O–H groups in total. The van der Waals surface area contributed by atoms with Gasteiger partial charge >= 0.3 is 6.18 Å². The van der Waals surface area contributed by atoms with Gasteiger partial charge in [-0.2, -0.15) is 13.2 Å². The smallest absolute Gasteiger partial charge is 0.368 e. The molecule has 0 radical (unpaired) electrons. The molecule has 5 nitrogen and oxygen atoms in total. The summed E-state index contributed by atoms with van der Waals surface area (Å²) in [5, 5.41) is 6.23. The minimum atomic E-state index is -4.27. The van der Waals surface area contributed by atoms with Gasteiger partial charge in [0.2, 0.25) is 0 Å². The Morgan fingerprint density at radius 1 is 1.12 bits per heavy atom. The van der Waals surface area contributed by atoms with E-state index >= 15 is 0 Å². The molecule has 1 atom stereocenters. The number of rotatable bonds is 4. The Morgan fingerprint density at radius 3 is 2.50 bits per heavy atom. The normalized spacial score (nSPS) is 26.7. The van der Waals surface area contributed by atoms with Crippen molar-refractivity contribution in [2.45, 2.75) is 49.9 Å². The Labute approximate surface area is 193 Å². The summed E-state index contributed by atoms with van der Waals surface area (Å²) >= 11 is 0. The molecular formula is C24H25F5N4O. The molecule has 2 aliphatic heterocycles. The summed E-state index contributed by atoms with van der Waals surface area (Å²) < 4.78 is 66.6. The highest BCUT2D eigenvalue weighted by Crippen LogP contribution is 2.42. The molecule has 1 aliphatic carbocycles. The number of alkyl halides is 3. The van der Waals surface area contributed by atoms with Gasteiger partial charge in [-0.3, -0.25) is 9.78 Å². The number of halogens is 5. The lowest BCUT2D eigenvalue weighted by Crippen LogP contribution is -2.49. The predicted octanol–water partition coefficient (Wildman–Crippen LogP) is 4.43. The fourth-order valence-electron chi connectivity index (χ4n) is 5.43. The van der Waals surface area contributed by atoms with Gasteiger partial charge in [-0.1, -0.05) is 0 Å². The average molecular weight is 480 g/mol. The number of anilines is 1. The van der Waals surface area contributed by atoms with Crippen LogP contribution in [0.4, 0.5) is 27.6 Å². The Morgan fingerprint density at radius 2 is 1.85 bits per heavy atom. The zero-order valence-corrected chi connectivity index (χ0v) is 18.4. The first-order chi connectivity index (χ1) is 16.1. The Balaban J connectivity index is 1.48. The number of hydrogen-bond acceptors (Lipinski definition) is 4. The first kappa shape index (κ1) is 23.0. The summed E-state index contributed by atoms with van der Waals surface area (Å²) in [6, 6.07) is 2.56. The molecule has 5 rings (SSSR count). The van der Waals surface area contributed by atoms with Crippen molar-refractivity contribution in [3.8, 4) is 11.1 Å². The highest BCUT2D eigenvalue weighted by molar-refractivity contribution is 6.03. The molecule has 2 saturated heterocycles. The monoisotopic (exact) mass is 480 g/mol. The number of aromatic nitrogens is 1. The lowest BCUT2D eigenvalue weighted by molar-refractivity contribution is -0.198. The molecule has 34 heavy (non-hydrogen) atoms. The molecule has 1 aromatic heterocycles. The minimum Gasteiger partial charge on any atom is -0.368 e. The van der Waals surface area contributed by atoms with Gasteiger partial charge in [0.1, 0.15) is 11.6 Å². The Bertz CT molecular complexity index is 1070. The van der Waals surface area contributed by atoms with Gasteiger partial charge in [-0.25, -0.2) is 8.78 Å². The zero-order chi connectivity index (χ0) is 24.1. The summed E-state index contributed by atoms with van der Waals surface area (Å²) in [7, 11) is 0. The molecule has 2 aromatic rings. The topological polar surface area (TPSA) is 57.3 Å². The maximum atomic E-state index is 14.0. The Kier molecular flexibility index (Phi) is 5.74. The number of pyridine rings is 1. The van der Waals surface area contributed by atoms with Crippen molar-refractivity contribution in [1.29, 1.82) is 0 Å². The van der Waals surface area contributed by atoms with Crippen molar-refractivity contribution in [1.82, 2.24) is 15.6 Å².